The fourth-order valence-electron chi connectivity index (χ4n) is 3.97. The Kier molecular flexibility index (Phi) is 3.47. The highest BCUT2D eigenvalue weighted by Crippen LogP contribution is 2.52. The zero-order chi connectivity index (χ0) is 15.1. The van der Waals surface area contributed by atoms with Crippen LogP contribution in [0.25, 0.3) is 11.4 Å². The minimum Gasteiger partial charge on any atom is -0.380 e. The highest BCUT2D eigenvalue weighted by Gasteiger charge is 2.47. The predicted molar refractivity (Wildman–Crippen MR) is 82.0 cm³/mol. The van der Waals surface area contributed by atoms with Crippen molar-refractivity contribution in [2.24, 2.45) is 17.6 Å². The van der Waals surface area contributed by atoms with Gasteiger partial charge in [-0.15, -0.1) is 0 Å². The first kappa shape index (κ1) is 13.9. The predicted octanol–water partition coefficient (Wildman–Crippen LogP) is 2.72. The molecule has 4 rings (SSSR count). The first-order chi connectivity index (χ1) is 10.7. The second-order valence-corrected chi connectivity index (χ2v) is 6.58. The van der Waals surface area contributed by atoms with E-state index in [1.807, 2.05) is 24.3 Å². The molecule has 1 heterocycles. The Balaban J connectivity index is 1.53. The fraction of sp³-hybridized carbons (Fsp3) is 0.529. The van der Waals surface area contributed by atoms with Crippen LogP contribution in [0.3, 0.4) is 0 Å². The third-order valence-corrected chi connectivity index (χ3v) is 5.16. The second kappa shape index (κ2) is 5.48. The molecule has 5 nitrogen and oxygen atoms in total. The standard InChI is InChI=1S/C17H21N3O2/c1-21-9-10-3-2-4-11(5-10)16-19-17(22-20-16)13-6-12-8-15(18)14(12)7-13/h2-5,12-15H,6-9,18H2,1H3/t12-,13?,14-,15+/m1/s1. The number of fused-ring (bicyclic) bond motifs is 1. The number of hydrogen-bond acceptors (Lipinski definition) is 5. The molecular formula is C17H21N3O2. The maximum Gasteiger partial charge on any atom is 0.230 e. The smallest absolute Gasteiger partial charge is 0.230 e. The number of rotatable bonds is 4. The molecule has 2 saturated carbocycles. The summed E-state index contributed by atoms with van der Waals surface area (Å²) in [7, 11) is 1.69. The minimum absolute atomic E-state index is 0.378. The quantitative estimate of drug-likeness (QED) is 0.939. The maximum atomic E-state index is 6.07. The summed E-state index contributed by atoms with van der Waals surface area (Å²) in [4.78, 5) is 4.63. The van der Waals surface area contributed by atoms with Crippen molar-refractivity contribution in [3.05, 3.63) is 35.7 Å². The zero-order valence-corrected chi connectivity index (χ0v) is 12.7. The van der Waals surface area contributed by atoms with Gasteiger partial charge in [0.25, 0.3) is 0 Å². The van der Waals surface area contributed by atoms with E-state index in [2.05, 4.69) is 10.1 Å². The Hall–Kier alpha value is -1.72. The Morgan fingerprint density at radius 2 is 2.23 bits per heavy atom. The molecule has 0 aliphatic heterocycles. The molecule has 5 heteroatoms. The van der Waals surface area contributed by atoms with Crippen LogP contribution in [0, 0.1) is 11.8 Å². The molecule has 0 amide bonds. The van der Waals surface area contributed by atoms with Gasteiger partial charge in [-0.3, -0.25) is 0 Å². The summed E-state index contributed by atoms with van der Waals surface area (Å²) in [6.45, 7) is 0.586. The summed E-state index contributed by atoms with van der Waals surface area (Å²) >= 11 is 0. The van der Waals surface area contributed by atoms with Gasteiger partial charge >= 0.3 is 0 Å². The molecule has 2 N–H and O–H groups in total. The topological polar surface area (TPSA) is 74.2 Å². The van der Waals surface area contributed by atoms with Crippen LogP contribution in [0.4, 0.5) is 0 Å². The first-order valence-electron chi connectivity index (χ1n) is 7.92. The molecule has 2 aliphatic carbocycles. The van der Waals surface area contributed by atoms with Crippen LogP contribution in [0.2, 0.25) is 0 Å². The molecule has 4 atom stereocenters. The van der Waals surface area contributed by atoms with Gasteiger partial charge in [0.05, 0.1) is 6.61 Å². The Morgan fingerprint density at radius 1 is 1.32 bits per heavy atom. The van der Waals surface area contributed by atoms with Crippen molar-refractivity contribution in [3.8, 4) is 11.4 Å². The Bertz CT molecular complexity index is 669. The average molecular weight is 299 g/mol. The molecule has 2 fully saturated rings. The van der Waals surface area contributed by atoms with Crippen LogP contribution >= 0.6 is 0 Å². The van der Waals surface area contributed by atoms with Crippen molar-refractivity contribution in [1.29, 1.82) is 0 Å². The Labute approximate surface area is 129 Å². The summed E-state index contributed by atoms with van der Waals surface area (Å²) in [5.41, 5.74) is 8.15. The van der Waals surface area contributed by atoms with Gasteiger partial charge in [-0.25, -0.2) is 0 Å². The van der Waals surface area contributed by atoms with E-state index in [1.165, 1.54) is 0 Å². The lowest BCUT2D eigenvalue weighted by molar-refractivity contribution is 0.173. The highest BCUT2D eigenvalue weighted by atomic mass is 16.5. The van der Waals surface area contributed by atoms with Crippen LogP contribution in [0.1, 0.15) is 36.6 Å². The molecule has 0 radical (unpaired) electrons. The summed E-state index contributed by atoms with van der Waals surface area (Å²) < 4.78 is 10.7. The van der Waals surface area contributed by atoms with Gasteiger partial charge in [-0.05, 0) is 42.7 Å². The van der Waals surface area contributed by atoms with Crippen LogP contribution < -0.4 is 5.73 Å². The van der Waals surface area contributed by atoms with Crippen LogP contribution in [0.15, 0.2) is 28.8 Å². The monoisotopic (exact) mass is 299 g/mol. The van der Waals surface area contributed by atoms with Crippen molar-refractivity contribution in [1.82, 2.24) is 10.1 Å². The van der Waals surface area contributed by atoms with Gasteiger partial charge in [0, 0.05) is 24.6 Å². The van der Waals surface area contributed by atoms with Crippen LogP contribution in [-0.2, 0) is 11.3 Å². The van der Waals surface area contributed by atoms with E-state index >= 15 is 0 Å². The molecule has 2 aliphatic rings. The van der Waals surface area contributed by atoms with Crippen molar-refractivity contribution in [2.75, 3.05) is 7.11 Å². The van der Waals surface area contributed by atoms with E-state index in [0.717, 1.165) is 42.2 Å². The lowest BCUT2D eigenvalue weighted by atomic mass is 9.72. The number of benzene rings is 1. The normalized spacial score (nSPS) is 30.1. The van der Waals surface area contributed by atoms with Gasteiger partial charge in [-0.1, -0.05) is 23.4 Å². The van der Waals surface area contributed by atoms with Gasteiger partial charge in [0.15, 0.2) is 0 Å². The second-order valence-electron chi connectivity index (χ2n) is 6.58. The number of methoxy groups -OCH3 is 1. The molecule has 1 aromatic heterocycles. The van der Waals surface area contributed by atoms with Crippen molar-refractivity contribution < 1.29 is 9.26 Å². The van der Waals surface area contributed by atoms with E-state index in [9.17, 15) is 0 Å². The number of nitrogens with zero attached hydrogens (tertiary/aromatic N) is 2. The molecule has 2 aromatic rings. The summed E-state index contributed by atoms with van der Waals surface area (Å²) in [5, 5.41) is 4.16. The van der Waals surface area contributed by atoms with Crippen molar-refractivity contribution in [3.63, 3.8) is 0 Å². The minimum atomic E-state index is 0.378. The third kappa shape index (κ3) is 2.34. The lowest BCUT2D eigenvalue weighted by Crippen LogP contribution is -2.44. The fourth-order valence-corrected chi connectivity index (χ4v) is 3.97. The van der Waals surface area contributed by atoms with E-state index < -0.39 is 0 Å². The van der Waals surface area contributed by atoms with Crippen LogP contribution in [-0.4, -0.2) is 23.3 Å². The summed E-state index contributed by atoms with van der Waals surface area (Å²) in [5.74, 6) is 3.24. The van der Waals surface area contributed by atoms with Crippen LogP contribution in [0.5, 0.6) is 0 Å². The maximum absolute atomic E-state index is 6.07. The van der Waals surface area contributed by atoms with Gasteiger partial charge in [0.2, 0.25) is 11.7 Å². The zero-order valence-electron chi connectivity index (χ0n) is 12.7. The molecule has 0 saturated heterocycles. The van der Waals surface area contributed by atoms with Gasteiger partial charge in [-0.2, -0.15) is 4.98 Å². The third-order valence-electron chi connectivity index (χ3n) is 5.16. The van der Waals surface area contributed by atoms with Gasteiger partial charge in [0.1, 0.15) is 0 Å². The molecule has 1 unspecified atom stereocenters. The first-order valence-corrected chi connectivity index (χ1v) is 7.92. The van der Waals surface area contributed by atoms with Crippen molar-refractivity contribution >= 4 is 0 Å². The average Bonchev–Trinajstić information content (AvgIpc) is 3.12. The number of ether oxygens (including phenoxy) is 1. The number of hydrogen-bond donors (Lipinski definition) is 1. The molecule has 0 bridgehead atoms. The molecule has 116 valence electrons. The highest BCUT2D eigenvalue weighted by molar-refractivity contribution is 5.55. The molecular weight excluding hydrogens is 278 g/mol. The SMILES string of the molecule is COCc1cccc(-c2noc(C3C[C@@H]4C[C@H](N)[C@@H]4C3)n2)c1. The Morgan fingerprint density at radius 3 is 3.00 bits per heavy atom. The van der Waals surface area contributed by atoms with Crippen molar-refractivity contribution in [2.45, 2.75) is 37.8 Å². The number of nitrogens with two attached hydrogens (primary N) is 1. The van der Waals surface area contributed by atoms with E-state index in [0.29, 0.717) is 30.3 Å². The van der Waals surface area contributed by atoms with E-state index in [-0.39, 0.29) is 0 Å². The van der Waals surface area contributed by atoms with E-state index in [1.54, 1.807) is 7.11 Å². The van der Waals surface area contributed by atoms with Gasteiger partial charge < -0.3 is 15.0 Å². The molecule has 1 aromatic carbocycles. The summed E-state index contributed by atoms with van der Waals surface area (Å²) in [6, 6.07) is 8.45. The largest absolute Gasteiger partial charge is 0.380 e. The molecule has 0 spiro atoms. The van der Waals surface area contributed by atoms with E-state index in [4.69, 9.17) is 15.0 Å². The number of aromatic nitrogens is 2. The lowest BCUT2D eigenvalue weighted by Gasteiger charge is -2.37. The molecule has 22 heavy (non-hydrogen) atoms. The summed E-state index contributed by atoms with van der Waals surface area (Å²) in [6.07, 6.45) is 3.39.